The number of piperidine rings is 1. The summed E-state index contributed by atoms with van der Waals surface area (Å²) in [6, 6.07) is 0. The van der Waals surface area contributed by atoms with Crippen LogP contribution in [0.15, 0.2) is 6.33 Å². The molecule has 0 unspecified atom stereocenters. The van der Waals surface area contributed by atoms with E-state index in [2.05, 4.69) is 46.4 Å². The van der Waals surface area contributed by atoms with Gasteiger partial charge in [0.15, 0.2) is 0 Å². The highest BCUT2D eigenvalue weighted by Gasteiger charge is 2.16. The van der Waals surface area contributed by atoms with E-state index in [1.807, 2.05) is 0 Å². The number of hydrogen-bond donors (Lipinski definition) is 2. The predicted octanol–water partition coefficient (Wildman–Crippen LogP) is 2.61. The zero-order valence-corrected chi connectivity index (χ0v) is 13.7. The second-order valence-corrected chi connectivity index (χ2v) is 5.90. The number of likely N-dealkylation sites (tertiary alicyclic amines) is 1. The van der Waals surface area contributed by atoms with Crippen LogP contribution in [0, 0.1) is 5.92 Å². The number of nitrogens with one attached hydrogen (secondary N) is 2. The highest BCUT2D eigenvalue weighted by Crippen LogP contribution is 2.22. The molecular formula is C16H29N5. The van der Waals surface area contributed by atoms with Crippen LogP contribution in [0.25, 0.3) is 0 Å². The topological polar surface area (TPSA) is 53.1 Å². The maximum atomic E-state index is 4.42. The van der Waals surface area contributed by atoms with Crippen molar-refractivity contribution < 1.29 is 0 Å². The number of nitrogens with zero attached hydrogens (tertiary/aromatic N) is 3. The van der Waals surface area contributed by atoms with Gasteiger partial charge in [-0.15, -0.1) is 0 Å². The third-order valence-corrected chi connectivity index (χ3v) is 4.33. The predicted molar refractivity (Wildman–Crippen MR) is 88.9 cm³/mol. The number of anilines is 2. The monoisotopic (exact) mass is 291 g/mol. The van der Waals surface area contributed by atoms with Crippen LogP contribution >= 0.6 is 0 Å². The van der Waals surface area contributed by atoms with E-state index in [0.717, 1.165) is 37.1 Å². The van der Waals surface area contributed by atoms with Crippen LogP contribution in [-0.4, -0.2) is 48.1 Å². The smallest absolute Gasteiger partial charge is 0.134 e. The highest BCUT2D eigenvalue weighted by molar-refractivity contribution is 5.57. The molecule has 5 heteroatoms. The van der Waals surface area contributed by atoms with Crippen molar-refractivity contribution in [2.24, 2.45) is 5.92 Å². The molecule has 0 bridgehead atoms. The van der Waals surface area contributed by atoms with Crippen LogP contribution in [0.4, 0.5) is 11.6 Å². The number of rotatable bonds is 7. The SMILES string of the molecule is CCNc1ncnc(NCCC2CCN(C)CC2)c1CC. The summed E-state index contributed by atoms with van der Waals surface area (Å²) < 4.78 is 0. The first-order chi connectivity index (χ1) is 10.2. The molecule has 2 heterocycles. The van der Waals surface area contributed by atoms with Crippen molar-refractivity contribution in [2.45, 2.75) is 39.5 Å². The van der Waals surface area contributed by atoms with Crippen LogP contribution in [0.3, 0.4) is 0 Å². The lowest BCUT2D eigenvalue weighted by Gasteiger charge is -2.29. The fourth-order valence-electron chi connectivity index (χ4n) is 2.96. The lowest BCUT2D eigenvalue weighted by molar-refractivity contribution is 0.215. The molecule has 1 saturated heterocycles. The fourth-order valence-corrected chi connectivity index (χ4v) is 2.96. The summed E-state index contributed by atoms with van der Waals surface area (Å²) in [5, 5.41) is 6.83. The van der Waals surface area contributed by atoms with Crippen molar-refractivity contribution in [1.82, 2.24) is 14.9 Å². The Labute approximate surface area is 128 Å². The molecule has 118 valence electrons. The Morgan fingerprint density at radius 2 is 1.81 bits per heavy atom. The van der Waals surface area contributed by atoms with E-state index in [1.165, 1.54) is 37.9 Å². The first-order valence-corrected chi connectivity index (χ1v) is 8.24. The summed E-state index contributed by atoms with van der Waals surface area (Å²) in [5.41, 5.74) is 1.20. The quantitative estimate of drug-likeness (QED) is 0.809. The molecule has 0 amide bonds. The molecule has 1 aliphatic heterocycles. The van der Waals surface area contributed by atoms with Gasteiger partial charge in [-0.3, -0.25) is 0 Å². The zero-order valence-electron chi connectivity index (χ0n) is 13.7. The lowest BCUT2D eigenvalue weighted by Crippen LogP contribution is -2.31. The summed E-state index contributed by atoms with van der Waals surface area (Å²) >= 11 is 0. The van der Waals surface area contributed by atoms with Crippen molar-refractivity contribution in [3.8, 4) is 0 Å². The van der Waals surface area contributed by atoms with Gasteiger partial charge in [0.05, 0.1) is 0 Å². The summed E-state index contributed by atoms with van der Waals surface area (Å²) in [4.78, 5) is 11.2. The molecule has 0 spiro atoms. The molecule has 1 fully saturated rings. The van der Waals surface area contributed by atoms with Gasteiger partial charge >= 0.3 is 0 Å². The molecule has 5 nitrogen and oxygen atoms in total. The van der Waals surface area contributed by atoms with Gasteiger partial charge in [0, 0.05) is 18.7 Å². The molecule has 0 radical (unpaired) electrons. The Morgan fingerprint density at radius 3 is 2.43 bits per heavy atom. The molecule has 0 saturated carbocycles. The molecule has 2 rings (SSSR count). The van der Waals surface area contributed by atoms with Crippen LogP contribution < -0.4 is 10.6 Å². The molecule has 2 N–H and O–H groups in total. The van der Waals surface area contributed by atoms with E-state index in [9.17, 15) is 0 Å². The summed E-state index contributed by atoms with van der Waals surface area (Å²) in [6.07, 6.45) is 6.47. The Kier molecular flexibility index (Phi) is 6.23. The van der Waals surface area contributed by atoms with Gasteiger partial charge in [-0.1, -0.05) is 6.92 Å². The average molecular weight is 291 g/mol. The molecule has 1 aromatic rings. The van der Waals surface area contributed by atoms with Crippen molar-refractivity contribution >= 4 is 11.6 Å². The minimum Gasteiger partial charge on any atom is -0.370 e. The van der Waals surface area contributed by atoms with E-state index in [1.54, 1.807) is 6.33 Å². The molecule has 0 atom stereocenters. The van der Waals surface area contributed by atoms with Crippen LogP contribution in [0.2, 0.25) is 0 Å². The second kappa shape index (κ2) is 8.17. The van der Waals surface area contributed by atoms with Crippen molar-refractivity contribution in [3.05, 3.63) is 11.9 Å². The maximum Gasteiger partial charge on any atom is 0.134 e. The third kappa shape index (κ3) is 4.56. The fraction of sp³-hybridized carbons (Fsp3) is 0.750. The minimum atomic E-state index is 0.855. The van der Waals surface area contributed by atoms with Crippen LogP contribution in [0.1, 0.15) is 38.7 Å². The summed E-state index contributed by atoms with van der Waals surface area (Å²) in [5.74, 6) is 2.82. The molecule has 1 aliphatic rings. The number of hydrogen-bond acceptors (Lipinski definition) is 5. The zero-order chi connectivity index (χ0) is 15.1. The maximum absolute atomic E-state index is 4.42. The van der Waals surface area contributed by atoms with Gasteiger partial charge in [-0.2, -0.15) is 0 Å². The Hall–Kier alpha value is -1.36. The van der Waals surface area contributed by atoms with Crippen LogP contribution in [0.5, 0.6) is 0 Å². The molecule has 1 aromatic heterocycles. The van der Waals surface area contributed by atoms with E-state index >= 15 is 0 Å². The first kappa shape index (κ1) is 16.0. The van der Waals surface area contributed by atoms with Gasteiger partial charge in [-0.25, -0.2) is 9.97 Å². The Balaban J connectivity index is 1.86. The van der Waals surface area contributed by atoms with Gasteiger partial charge in [0.1, 0.15) is 18.0 Å². The molecular weight excluding hydrogens is 262 g/mol. The van der Waals surface area contributed by atoms with E-state index < -0.39 is 0 Å². The van der Waals surface area contributed by atoms with Crippen LogP contribution in [-0.2, 0) is 6.42 Å². The summed E-state index contributed by atoms with van der Waals surface area (Å²) in [7, 11) is 2.21. The minimum absolute atomic E-state index is 0.855. The Morgan fingerprint density at radius 1 is 1.14 bits per heavy atom. The highest BCUT2D eigenvalue weighted by atomic mass is 15.1. The Bertz CT molecular complexity index is 427. The normalized spacial score (nSPS) is 16.9. The largest absolute Gasteiger partial charge is 0.370 e. The molecule has 0 aliphatic carbocycles. The third-order valence-electron chi connectivity index (χ3n) is 4.33. The van der Waals surface area contributed by atoms with E-state index in [0.29, 0.717) is 0 Å². The standard InChI is InChI=1S/C16H29N5/c1-4-14-15(17-5-2)19-12-20-16(14)18-9-6-13-7-10-21(3)11-8-13/h12-13H,4-11H2,1-3H3,(H2,17,18,19,20). The van der Waals surface area contributed by atoms with Crippen molar-refractivity contribution in [2.75, 3.05) is 43.9 Å². The van der Waals surface area contributed by atoms with Gasteiger partial charge in [0.25, 0.3) is 0 Å². The second-order valence-electron chi connectivity index (χ2n) is 5.90. The molecule has 0 aromatic carbocycles. The van der Waals surface area contributed by atoms with Gasteiger partial charge in [-0.05, 0) is 58.7 Å². The molecule has 21 heavy (non-hydrogen) atoms. The van der Waals surface area contributed by atoms with Gasteiger partial charge in [0.2, 0.25) is 0 Å². The van der Waals surface area contributed by atoms with E-state index in [-0.39, 0.29) is 0 Å². The van der Waals surface area contributed by atoms with Gasteiger partial charge < -0.3 is 15.5 Å². The first-order valence-electron chi connectivity index (χ1n) is 8.24. The van der Waals surface area contributed by atoms with Crippen molar-refractivity contribution in [3.63, 3.8) is 0 Å². The van der Waals surface area contributed by atoms with E-state index in [4.69, 9.17) is 0 Å². The summed E-state index contributed by atoms with van der Waals surface area (Å²) in [6.45, 7) is 8.62. The number of aromatic nitrogens is 2. The lowest BCUT2D eigenvalue weighted by atomic mass is 9.94. The van der Waals surface area contributed by atoms with Crippen molar-refractivity contribution in [1.29, 1.82) is 0 Å². The average Bonchev–Trinajstić information content (AvgIpc) is 2.50.